The third kappa shape index (κ3) is 6.00. The standard InChI is InChI=1S/C34H46BN3O4.ClH/c1-33(2)25-21-28(33)34(3)29(22-25)41-35(42-34)30(17-9-10-18-36)37-31(39)27-16-11-19-38(27)32(40)26-15-8-7-14-24(26)20-23-12-5-4-6-13-23;/h4-8,12-15,25,27-30H,9-11,16-22,36H2,1-3H3,(H,37,39);1H/t25-,27-,28-,29+,30-,34-;/m0./s1. The minimum atomic E-state index is -0.509. The van der Waals surface area contributed by atoms with Crippen molar-refractivity contribution in [3.05, 3.63) is 71.3 Å². The molecule has 9 heteroatoms. The maximum atomic E-state index is 13.9. The van der Waals surface area contributed by atoms with E-state index in [1.54, 1.807) is 4.90 Å². The second kappa shape index (κ2) is 12.9. The van der Waals surface area contributed by atoms with Crippen molar-refractivity contribution in [2.75, 3.05) is 13.1 Å². The Morgan fingerprint density at radius 1 is 1.07 bits per heavy atom. The van der Waals surface area contributed by atoms with E-state index < -0.39 is 13.2 Å². The number of halogens is 1. The highest BCUT2D eigenvalue weighted by molar-refractivity contribution is 6.48. The third-order valence-electron chi connectivity index (χ3n) is 10.9. The fourth-order valence-electron chi connectivity index (χ4n) is 8.27. The first-order chi connectivity index (χ1) is 20.2. The zero-order chi connectivity index (χ0) is 29.5. The molecule has 5 aliphatic rings. The van der Waals surface area contributed by atoms with Crippen molar-refractivity contribution in [1.82, 2.24) is 10.2 Å². The van der Waals surface area contributed by atoms with Crippen molar-refractivity contribution in [1.29, 1.82) is 0 Å². The number of benzene rings is 2. The Kier molecular flexibility index (Phi) is 9.62. The van der Waals surface area contributed by atoms with Crippen molar-refractivity contribution in [3.8, 4) is 0 Å². The molecule has 3 aliphatic carbocycles. The van der Waals surface area contributed by atoms with Gasteiger partial charge in [0.2, 0.25) is 5.91 Å². The summed E-state index contributed by atoms with van der Waals surface area (Å²) in [5.74, 6) is 0.646. The Morgan fingerprint density at radius 2 is 1.81 bits per heavy atom. The molecule has 43 heavy (non-hydrogen) atoms. The summed E-state index contributed by atoms with van der Waals surface area (Å²) in [6.07, 6.45) is 6.86. The number of hydrogen-bond acceptors (Lipinski definition) is 5. The molecule has 0 unspecified atom stereocenters. The molecule has 0 radical (unpaired) electrons. The summed E-state index contributed by atoms with van der Waals surface area (Å²) >= 11 is 0. The van der Waals surface area contributed by atoms with Crippen LogP contribution in [0.1, 0.15) is 87.2 Å². The number of nitrogens with one attached hydrogen (secondary N) is 1. The van der Waals surface area contributed by atoms with E-state index in [4.69, 9.17) is 15.0 Å². The van der Waals surface area contributed by atoms with Gasteiger partial charge in [-0.05, 0) is 92.9 Å². The zero-order valence-electron chi connectivity index (χ0n) is 25.8. The van der Waals surface area contributed by atoms with Crippen molar-refractivity contribution in [3.63, 3.8) is 0 Å². The van der Waals surface area contributed by atoms with E-state index in [1.165, 1.54) is 6.42 Å². The van der Waals surface area contributed by atoms with Crippen LogP contribution in [0.2, 0.25) is 0 Å². The molecule has 2 heterocycles. The van der Waals surface area contributed by atoms with E-state index in [1.807, 2.05) is 42.5 Å². The molecule has 2 aromatic rings. The lowest BCUT2D eigenvalue weighted by molar-refractivity contribution is -0.199. The fourth-order valence-corrected chi connectivity index (χ4v) is 8.27. The normalized spacial score (nSPS) is 29.3. The second-order valence-corrected chi connectivity index (χ2v) is 13.7. The number of likely N-dealkylation sites (tertiary alicyclic amines) is 1. The van der Waals surface area contributed by atoms with Gasteiger partial charge in [-0.3, -0.25) is 9.59 Å². The zero-order valence-corrected chi connectivity index (χ0v) is 26.6. The average molecular weight is 608 g/mol. The minimum Gasteiger partial charge on any atom is -0.404 e. The van der Waals surface area contributed by atoms with Gasteiger partial charge < -0.3 is 25.3 Å². The van der Waals surface area contributed by atoms with Gasteiger partial charge in [0.25, 0.3) is 5.91 Å². The third-order valence-corrected chi connectivity index (χ3v) is 10.9. The van der Waals surface area contributed by atoms with E-state index in [0.717, 1.165) is 43.2 Å². The lowest BCUT2D eigenvalue weighted by atomic mass is 9.43. The van der Waals surface area contributed by atoms with Gasteiger partial charge in [-0.25, -0.2) is 0 Å². The molecule has 0 spiro atoms. The Hall–Kier alpha value is -2.39. The fraction of sp³-hybridized carbons (Fsp3) is 0.588. The molecule has 3 N–H and O–H groups in total. The molecule has 0 aromatic heterocycles. The van der Waals surface area contributed by atoms with Crippen LogP contribution in [-0.4, -0.2) is 60.6 Å². The highest BCUT2D eigenvalue weighted by atomic mass is 35.5. The van der Waals surface area contributed by atoms with Crippen LogP contribution in [0.4, 0.5) is 0 Å². The van der Waals surface area contributed by atoms with E-state index >= 15 is 0 Å². The van der Waals surface area contributed by atoms with Crippen LogP contribution >= 0.6 is 12.4 Å². The van der Waals surface area contributed by atoms with Crippen molar-refractivity contribution < 1.29 is 18.9 Å². The van der Waals surface area contributed by atoms with Crippen LogP contribution in [0.3, 0.4) is 0 Å². The molecule has 3 saturated carbocycles. The molecule has 2 amide bonds. The quantitative estimate of drug-likeness (QED) is 0.287. The number of amides is 2. The van der Waals surface area contributed by atoms with Gasteiger partial charge in [-0.2, -0.15) is 0 Å². The maximum Gasteiger partial charge on any atom is 0.481 e. The number of carbonyl (C=O) groups excluding carboxylic acids is 2. The predicted octanol–water partition coefficient (Wildman–Crippen LogP) is 5.19. The van der Waals surface area contributed by atoms with Gasteiger partial charge in [0.1, 0.15) is 6.04 Å². The molecular formula is C34H47BClN3O4. The number of unbranched alkanes of at least 4 members (excludes halogenated alkanes) is 1. The smallest absolute Gasteiger partial charge is 0.404 e. The SMILES string of the molecule is CC1(C)[C@@H]2C[C@H]3OB([C@H](CCCCN)NC(=O)[C@@H]4CCCN4C(=O)c4ccccc4Cc4ccccc4)O[C@@]3(C)[C@H]1C2.Cl. The van der Waals surface area contributed by atoms with Crippen LogP contribution in [0.5, 0.6) is 0 Å². The Morgan fingerprint density at radius 3 is 2.56 bits per heavy atom. The number of carbonyl (C=O) groups is 2. The Labute approximate surface area is 263 Å². The van der Waals surface area contributed by atoms with Crippen molar-refractivity contribution in [2.45, 2.75) is 95.8 Å². The average Bonchev–Trinajstić information content (AvgIpc) is 3.62. The van der Waals surface area contributed by atoms with E-state index in [-0.39, 0.29) is 47.3 Å². The number of nitrogens with zero attached hydrogens (tertiary/aromatic N) is 1. The maximum absolute atomic E-state index is 13.9. The Balaban J connectivity index is 0.00000368. The molecule has 6 atom stereocenters. The first-order valence-corrected chi connectivity index (χ1v) is 16.0. The van der Waals surface area contributed by atoms with E-state index in [2.05, 4.69) is 38.2 Å². The van der Waals surface area contributed by atoms with Gasteiger partial charge in [0.15, 0.2) is 0 Å². The first-order valence-electron chi connectivity index (χ1n) is 16.0. The van der Waals surface area contributed by atoms with Crippen molar-refractivity contribution in [2.24, 2.45) is 23.0 Å². The van der Waals surface area contributed by atoms with Crippen LogP contribution in [0.25, 0.3) is 0 Å². The lowest BCUT2D eigenvalue weighted by Gasteiger charge is -2.64. The second-order valence-electron chi connectivity index (χ2n) is 13.7. The van der Waals surface area contributed by atoms with Gasteiger partial charge in [0, 0.05) is 12.1 Å². The molecule has 2 aromatic carbocycles. The molecule has 2 saturated heterocycles. The first kappa shape index (κ1) is 32.0. The summed E-state index contributed by atoms with van der Waals surface area (Å²) in [5.41, 5.74) is 8.53. The molecule has 232 valence electrons. The summed E-state index contributed by atoms with van der Waals surface area (Å²) in [5, 5.41) is 3.30. The van der Waals surface area contributed by atoms with E-state index in [0.29, 0.717) is 43.3 Å². The van der Waals surface area contributed by atoms with Crippen LogP contribution in [-0.2, 0) is 20.5 Å². The minimum absolute atomic E-state index is 0. The summed E-state index contributed by atoms with van der Waals surface area (Å²) < 4.78 is 13.3. The van der Waals surface area contributed by atoms with Gasteiger partial charge >= 0.3 is 7.12 Å². The number of hydrogen-bond donors (Lipinski definition) is 2. The molecule has 7 rings (SSSR count). The largest absolute Gasteiger partial charge is 0.481 e. The van der Waals surface area contributed by atoms with Crippen molar-refractivity contribution >= 4 is 31.3 Å². The summed E-state index contributed by atoms with van der Waals surface area (Å²) in [6, 6.07) is 17.4. The molecule has 5 fully saturated rings. The highest BCUT2D eigenvalue weighted by Crippen LogP contribution is 2.65. The summed E-state index contributed by atoms with van der Waals surface area (Å²) in [6.45, 7) is 8.10. The molecule has 2 bridgehead atoms. The predicted molar refractivity (Wildman–Crippen MR) is 172 cm³/mol. The van der Waals surface area contributed by atoms with E-state index in [9.17, 15) is 9.59 Å². The molecule has 2 aliphatic heterocycles. The van der Waals surface area contributed by atoms with Crippen LogP contribution in [0, 0.1) is 17.3 Å². The summed E-state index contributed by atoms with van der Waals surface area (Å²) in [4.78, 5) is 29.6. The monoisotopic (exact) mass is 607 g/mol. The van der Waals surface area contributed by atoms with Gasteiger partial charge in [0.05, 0.1) is 17.6 Å². The van der Waals surface area contributed by atoms with Gasteiger partial charge in [-0.15, -0.1) is 12.4 Å². The molecular weight excluding hydrogens is 561 g/mol. The van der Waals surface area contributed by atoms with Crippen LogP contribution < -0.4 is 11.1 Å². The Bertz CT molecular complexity index is 1300. The lowest BCUT2D eigenvalue weighted by Crippen LogP contribution is -2.65. The number of rotatable bonds is 10. The topological polar surface area (TPSA) is 93.9 Å². The van der Waals surface area contributed by atoms with Gasteiger partial charge in [-0.1, -0.05) is 68.8 Å². The highest BCUT2D eigenvalue weighted by Gasteiger charge is 2.68. The summed E-state index contributed by atoms with van der Waals surface area (Å²) in [7, 11) is -0.492. The molecule has 7 nitrogen and oxygen atoms in total. The van der Waals surface area contributed by atoms with Crippen LogP contribution in [0.15, 0.2) is 54.6 Å². The number of nitrogens with two attached hydrogens (primary N) is 1.